The molecule has 0 amide bonds. The maximum absolute atomic E-state index is 9.38. The van der Waals surface area contributed by atoms with Gasteiger partial charge in [0, 0.05) is 5.56 Å². The lowest BCUT2D eigenvalue weighted by Crippen LogP contribution is -2.22. The number of benzene rings is 1. The van der Waals surface area contributed by atoms with Crippen molar-refractivity contribution < 1.29 is 9.52 Å². The van der Waals surface area contributed by atoms with Crippen molar-refractivity contribution in [1.82, 2.24) is 0 Å². The molecule has 0 aliphatic heterocycles. The Balaban J connectivity index is 2.23. The smallest absolute Gasteiger partial charge is 0.133 e. The fourth-order valence-corrected chi connectivity index (χ4v) is 1.59. The number of rotatable bonds is 3. The molecule has 1 aromatic carbocycles. The second kappa shape index (κ2) is 4.51. The van der Waals surface area contributed by atoms with E-state index in [1.165, 1.54) is 0 Å². The Kier molecular flexibility index (Phi) is 3.08. The zero-order chi connectivity index (χ0) is 11.5. The molecule has 0 aliphatic carbocycles. The van der Waals surface area contributed by atoms with Crippen LogP contribution in [0.2, 0.25) is 0 Å². The third-order valence-corrected chi connectivity index (χ3v) is 2.62. The van der Waals surface area contributed by atoms with Gasteiger partial charge in [-0.2, -0.15) is 0 Å². The molecule has 3 nitrogen and oxygen atoms in total. The summed E-state index contributed by atoms with van der Waals surface area (Å²) < 4.78 is 5.29. The molecule has 0 radical (unpaired) electrons. The van der Waals surface area contributed by atoms with Gasteiger partial charge in [0.05, 0.1) is 18.4 Å². The second-order valence-corrected chi connectivity index (χ2v) is 3.87. The third kappa shape index (κ3) is 2.15. The molecule has 3 heteroatoms. The molecule has 2 atom stereocenters. The van der Waals surface area contributed by atoms with Crippen LogP contribution in [-0.2, 0) is 0 Å². The predicted molar refractivity (Wildman–Crippen MR) is 62.8 cm³/mol. The van der Waals surface area contributed by atoms with Crippen LogP contribution in [0.25, 0.3) is 11.3 Å². The minimum Gasteiger partial charge on any atom is -0.464 e. The van der Waals surface area contributed by atoms with Crippen LogP contribution in [0, 0.1) is 0 Å². The van der Waals surface area contributed by atoms with E-state index in [4.69, 9.17) is 10.2 Å². The molecule has 0 spiro atoms. The topological polar surface area (TPSA) is 59.4 Å². The molecule has 0 fully saturated rings. The van der Waals surface area contributed by atoms with Crippen LogP contribution in [0.1, 0.15) is 18.5 Å². The summed E-state index contributed by atoms with van der Waals surface area (Å²) in [5.74, 6) is 0.831. The minimum atomic E-state index is -0.547. The van der Waals surface area contributed by atoms with Gasteiger partial charge in [0.2, 0.25) is 0 Å². The largest absolute Gasteiger partial charge is 0.464 e. The molecule has 0 bridgehead atoms. The van der Waals surface area contributed by atoms with Crippen LogP contribution in [0.3, 0.4) is 0 Å². The Hall–Kier alpha value is -1.58. The van der Waals surface area contributed by atoms with Gasteiger partial charge in [0.1, 0.15) is 5.76 Å². The molecular weight excluding hydrogens is 202 g/mol. The van der Waals surface area contributed by atoms with E-state index in [1.807, 2.05) is 36.4 Å². The number of nitrogens with two attached hydrogens (primary N) is 1. The van der Waals surface area contributed by atoms with Crippen LogP contribution >= 0.6 is 0 Å². The molecule has 0 unspecified atom stereocenters. The molecule has 16 heavy (non-hydrogen) atoms. The second-order valence-electron chi connectivity index (χ2n) is 3.87. The van der Waals surface area contributed by atoms with Gasteiger partial charge in [0.25, 0.3) is 0 Å². The highest BCUT2D eigenvalue weighted by molar-refractivity contribution is 5.57. The van der Waals surface area contributed by atoms with Crippen molar-refractivity contribution in [1.29, 1.82) is 0 Å². The van der Waals surface area contributed by atoms with Crippen molar-refractivity contribution in [3.8, 4) is 11.3 Å². The highest BCUT2D eigenvalue weighted by atomic mass is 16.3. The first-order valence-electron chi connectivity index (χ1n) is 5.26. The monoisotopic (exact) mass is 217 g/mol. The minimum absolute atomic E-state index is 0.342. The van der Waals surface area contributed by atoms with Gasteiger partial charge in [-0.3, -0.25) is 0 Å². The molecule has 2 aromatic rings. The quantitative estimate of drug-likeness (QED) is 0.829. The van der Waals surface area contributed by atoms with Crippen LogP contribution in [0.15, 0.2) is 47.1 Å². The fourth-order valence-electron chi connectivity index (χ4n) is 1.59. The molecule has 2 rings (SSSR count). The van der Waals surface area contributed by atoms with Gasteiger partial charge in [-0.1, -0.05) is 24.3 Å². The standard InChI is InChI=1S/C13H15NO2/c1-9(15)13(14)11-6-4-10(5-7-11)12-3-2-8-16-12/h2-9,13,15H,14H2,1H3/t9-,13-/m1/s1. The maximum atomic E-state index is 9.38. The molecule has 0 saturated carbocycles. The van der Waals surface area contributed by atoms with Gasteiger partial charge in [0.15, 0.2) is 0 Å². The summed E-state index contributed by atoms with van der Waals surface area (Å²) in [4.78, 5) is 0. The first-order valence-corrected chi connectivity index (χ1v) is 5.26. The van der Waals surface area contributed by atoms with Gasteiger partial charge < -0.3 is 15.3 Å². The Morgan fingerprint density at radius 1 is 1.19 bits per heavy atom. The van der Waals surface area contributed by atoms with Crippen molar-refractivity contribution in [2.45, 2.75) is 19.1 Å². The highest BCUT2D eigenvalue weighted by Gasteiger charge is 2.11. The number of hydrogen-bond acceptors (Lipinski definition) is 3. The molecule has 0 aliphatic rings. The van der Waals surface area contributed by atoms with E-state index in [0.29, 0.717) is 0 Å². The number of aliphatic hydroxyl groups excluding tert-OH is 1. The summed E-state index contributed by atoms with van der Waals surface area (Å²) in [5.41, 5.74) is 7.76. The summed E-state index contributed by atoms with van der Waals surface area (Å²) in [6.07, 6.45) is 1.10. The van der Waals surface area contributed by atoms with E-state index in [0.717, 1.165) is 16.9 Å². The Morgan fingerprint density at radius 2 is 1.88 bits per heavy atom. The van der Waals surface area contributed by atoms with E-state index in [2.05, 4.69) is 0 Å². The van der Waals surface area contributed by atoms with Crippen LogP contribution in [0.4, 0.5) is 0 Å². The molecule has 1 heterocycles. The van der Waals surface area contributed by atoms with E-state index < -0.39 is 6.10 Å². The van der Waals surface area contributed by atoms with Gasteiger partial charge in [-0.15, -0.1) is 0 Å². The SMILES string of the molecule is C[C@@H](O)[C@@H](N)c1ccc(-c2ccco2)cc1. The van der Waals surface area contributed by atoms with E-state index in [9.17, 15) is 5.11 Å². The first kappa shape index (κ1) is 10.9. The average molecular weight is 217 g/mol. The molecular formula is C13H15NO2. The van der Waals surface area contributed by atoms with Gasteiger partial charge in [-0.25, -0.2) is 0 Å². The summed E-state index contributed by atoms with van der Waals surface area (Å²) in [6.45, 7) is 1.69. The van der Waals surface area contributed by atoms with E-state index in [1.54, 1.807) is 13.2 Å². The first-order chi connectivity index (χ1) is 7.68. The summed E-state index contributed by atoms with van der Waals surface area (Å²) in [6, 6.07) is 11.1. The fraction of sp³-hybridized carbons (Fsp3) is 0.231. The maximum Gasteiger partial charge on any atom is 0.133 e. The number of hydrogen-bond donors (Lipinski definition) is 2. The van der Waals surface area contributed by atoms with Crippen molar-refractivity contribution in [2.75, 3.05) is 0 Å². The van der Waals surface area contributed by atoms with Crippen molar-refractivity contribution in [3.63, 3.8) is 0 Å². The highest BCUT2D eigenvalue weighted by Crippen LogP contribution is 2.22. The van der Waals surface area contributed by atoms with Crippen LogP contribution < -0.4 is 5.73 Å². The van der Waals surface area contributed by atoms with E-state index in [-0.39, 0.29) is 6.04 Å². The van der Waals surface area contributed by atoms with Crippen molar-refractivity contribution >= 4 is 0 Å². The summed E-state index contributed by atoms with van der Waals surface area (Å²) >= 11 is 0. The predicted octanol–water partition coefficient (Wildman–Crippen LogP) is 2.33. The lowest BCUT2D eigenvalue weighted by Gasteiger charge is -2.15. The molecule has 0 saturated heterocycles. The molecule has 84 valence electrons. The number of aliphatic hydroxyl groups is 1. The Labute approximate surface area is 94.5 Å². The van der Waals surface area contributed by atoms with Crippen molar-refractivity contribution in [3.05, 3.63) is 48.2 Å². The normalized spacial score (nSPS) is 14.7. The Morgan fingerprint density at radius 3 is 2.38 bits per heavy atom. The zero-order valence-corrected chi connectivity index (χ0v) is 9.13. The van der Waals surface area contributed by atoms with Crippen LogP contribution in [0.5, 0.6) is 0 Å². The lowest BCUT2D eigenvalue weighted by atomic mass is 10.0. The molecule has 3 N–H and O–H groups in total. The summed E-state index contributed by atoms with van der Waals surface area (Å²) in [7, 11) is 0. The van der Waals surface area contributed by atoms with Gasteiger partial charge >= 0.3 is 0 Å². The van der Waals surface area contributed by atoms with Crippen molar-refractivity contribution in [2.24, 2.45) is 5.73 Å². The average Bonchev–Trinajstić information content (AvgIpc) is 2.81. The zero-order valence-electron chi connectivity index (χ0n) is 9.13. The number of furan rings is 1. The molecule has 1 aromatic heterocycles. The Bertz CT molecular complexity index is 431. The third-order valence-electron chi connectivity index (χ3n) is 2.62. The van der Waals surface area contributed by atoms with Gasteiger partial charge in [-0.05, 0) is 24.6 Å². The lowest BCUT2D eigenvalue weighted by molar-refractivity contribution is 0.164. The van der Waals surface area contributed by atoms with E-state index >= 15 is 0 Å². The van der Waals surface area contributed by atoms with Crippen LogP contribution in [-0.4, -0.2) is 11.2 Å². The summed E-state index contributed by atoms with van der Waals surface area (Å²) in [5, 5.41) is 9.38.